The second kappa shape index (κ2) is 6.78. The summed E-state index contributed by atoms with van der Waals surface area (Å²) < 4.78 is 38.7. The molecule has 3 N–H and O–H groups in total. The molecule has 1 aromatic carbocycles. The molecule has 0 spiro atoms. The van der Waals surface area contributed by atoms with E-state index < -0.39 is 29.4 Å². The predicted octanol–water partition coefficient (Wildman–Crippen LogP) is 2.22. The van der Waals surface area contributed by atoms with E-state index in [1.165, 1.54) is 12.1 Å². The first kappa shape index (κ1) is 17.6. The Kier molecular flexibility index (Phi) is 4.97. The highest BCUT2D eigenvalue weighted by atomic mass is 19.4. The molecule has 6 nitrogen and oxygen atoms in total. The third kappa shape index (κ3) is 3.95. The van der Waals surface area contributed by atoms with Crippen molar-refractivity contribution in [3.63, 3.8) is 0 Å². The summed E-state index contributed by atoms with van der Waals surface area (Å²) in [6.07, 6.45) is -4.03. The third-order valence-corrected chi connectivity index (χ3v) is 3.74. The SMILES string of the molecule is C[C@@H]1CCNC(=O)[C@@H]1NC(=O)Nc1ccc(C#N)c(C(F)(F)F)c1. The van der Waals surface area contributed by atoms with Crippen LogP contribution in [-0.4, -0.2) is 24.5 Å². The number of amides is 3. The minimum absolute atomic E-state index is 0.0869. The Morgan fingerprint density at radius 2 is 2.12 bits per heavy atom. The number of carbonyl (C=O) groups excluding carboxylic acids is 2. The fourth-order valence-electron chi connectivity index (χ4n) is 2.43. The zero-order valence-corrected chi connectivity index (χ0v) is 12.7. The van der Waals surface area contributed by atoms with Gasteiger partial charge in [0, 0.05) is 12.2 Å². The maximum Gasteiger partial charge on any atom is 0.417 e. The second-order valence-corrected chi connectivity index (χ2v) is 5.50. The van der Waals surface area contributed by atoms with Gasteiger partial charge in [0.25, 0.3) is 0 Å². The van der Waals surface area contributed by atoms with Crippen molar-refractivity contribution in [2.45, 2.75) is 25.6 Å². The molecule has 0 aromatic heterocycles. The maximum absolute atomic E-state index is 12.9. The Morgan fingerprint density at radius 1 is 1.42 bits per heavy atom. The molecule has 0 saturated carbocycles. The van der Waals surface area contributed by atoms with Crippen molar-refractivity contribution >= 4 is 17.6 Å². The average Bonchev–Trinajstić information content (AvgIpc) is 2.50. The lowest BCUT2D eigenvalue weighted by atomic mass is 9.94. The van der Waals surface area contributed by atoms with Crippen molar-refractivity contribution in [3.8, 4) is 6.07 Å². The van der Waals surface area contributed by atoms with Gasteiger partial charge in [-0.25, -0.2) is 4.79 Å². The molecule has 0 aliphatic carbocycles. The smallest absolute Gasteiger partial charge is 0.354 e. The number of hydrogen-bond acceptors (Lipinski definition) is 3. The number of nitriles is 1. The molecule has 9 heteroatoms. The predicted molar refractivity (Wildman–Crippen MR) is 78.9 cm³/mol. The molecule has 1 saturated heterocycles. The lowest BCUT2D eigenvalue weighted by Gasteiger charge is -2.29. The van der Waals surface area contributed by atoms with Crippen LogP contribution in [0.4, 0.5) is 23.7 Å². The zero-order valence-electron chi connectivity index (χ0n) is 12.7. The van der Waals surface area contributed by atoms with Crippen LogP contribution in [0.3, 0.4) is 0 Å². The molecule has 2 atom stereocenters. The lowest BCUT2D eigenvalue weighted by Crippen LogP contribution is -2.55. The van der Waals surface area contributed by atoms with Gasteiger partial charge in [0.1, 0.15) is 6.04 Å². The Labute approximate surface area is 136 Å². The first-order valence-electron chi connectivity index (χ1n) is 7.19. The minimum Gasteiger partial charge on any atom is -0.354 e. The van der Waals surface area contributed by atoms with E-state index in [1.807, 2.05) is 0 Å². The Bertz CT molecular complexity index is 697. The molecule has 24 heavy (non-hydrogen) atoms. The van der Waals surface area contributed by atoms with Gasteiger partial charge in [-0.15, -0.1) is 0 Å². The van der Waals surface area contributed by atoms with E-state index in [4.69, 9.17) is 5.26 Å². The number of halogens is 3. The summed E-state index contributed by atoms with van der Waals surface area (Å²) in [5, 5.41) is 16.0. The summed E-state index contributed by atoms with van der Waals surface area (Å²) in [6.45, 7) is 2.32. The van der Waals surface area contributed by atoms with Crippen LogP contribution in [0.15, 0.2) is 18.2 Å². The highest BCUT2D eigenvalue weighted by Crippen LogP contribution is 2.33. The molecule has 3 amide bonds. The molecule has 0 bridgehead atoms. The zero-order chi connectivity index (χ0) is 17.9. The summed E-state index contributed by atoms with van der Waals surface area (Å²) >= 11 is 0. The van der Waals surface area contributed by atoms with Gasteiger partial charge in [0.15, 0.2) is 0 Å². The number of hydrogen-bond donors (Lipinski definition) is 3. The molecule has 1 aliphatic rings. The Balaban J connectivity index is 2.12. The van der Waals surface area contributed by atoms with Crippen LogP contribution in [0.5, 0.6) is 0 Å². The van der Waals surface area contributed by atoms with Crippen molar-refractivity contribution in [2.75, 3.05) is 11.9 Å². The second-order valence-electron chi connectivity index (χ2n) is 5.50. The van der Waals surface area contributed by atoms with Gasteiger partial charge < -0.3 is 16.0 Å². The molecule has 1 aromatic rings. The van der Waals surface area contributed by atoms with Crippen molar-refractivity contribution in [1.29, 1.82) is 5.26 Å². The van der Waals surface area contributed by atoms with Crippen LogP contribution in [0, 0.1) is 17.2 Å². The van der Waals surface area contributed by atoms with Crippen molar-refractivity contribution < 1.29 is 22.8 Å². The number of alkyl halides is 3. The number of benzene rings is 1. The highest BCUT2D eigenvalue weighted by molar-refractivity contribution is 5.94. The van der Waals surface area contributed by atoms with Gasteiger partial charge in [0.2, 0.25) is 5.91 Å². The van der Waals surface area contributed by atoms with Crippen LogP contribution in [0.1, 0.15) is 24.5 Å². The molecular formula is C15H15F3N4O2. The summed E-state index contributed by atoms with van der Waals surface area (Å²) in [6, 6.07) is 2.77. The minimum atomic E-state index is -4.71. The van der Waals surface area contributed by atoms with E-state index in [0.717, 1.165) is 6.07 Å². The highest BCUT2D eigenvalue weighted by Gasteiger charge is 2.34. The number of rotatable bonds is 2. The van der Waals surface area contributed by atoms with E-state index in [0.29, 0.717) is 19.0 Å². The first-order chi connectivity index (χ1) is 11.2. The van der Waals surface area contributed by atoms with E-state index in [-0.39, 0.29) is 17.5 Å². The fraction of sp³-hybridized carbons (Fsp3) is 0.400. The van der Waals surface area contributed by atoms with Gasteiger partial charge in [-0.05, 0) is 30.5 Å². The van der Waals surface area contributed by atoms with Gasteiger partial charge in [-0.2, -0.15) is 18.4 Å². The van der Waals surface area contributed by atoms with Gasteiger partial charge >= 0.3 is 12.2 Å². The monoisotopic (exact) mass is 340 g/mol. The number of carbonyl (C=O) groups is 2. The van der Waals surface area contributed by atoms with Gasteiger partial charge in [0.05, 0.1) is 17.2 Å². The Hall–Kier alpha value is -2.76. The van der Waals surface area contributed by atoms with E-state index in [9.17, 15) is 22.8 Å². The first-order valence-corrected chi connectivity index (χ1v) is 7.19. The van der Waals surface area contributed by atoms with Crippen LogP contribution >= 0.6 is 0 Å². The van der Waals surface area contributed by atoms with E-state index in [1.54, 1.807) is 6.92 Å². The average molecular weight is 340 g/mol. The van der Waals surface area contributed by atoms with Crippen LogP contribution in [-0.2, 0) is 11.0 Å². The summed E-state index contributed by atoms with van der Waals surface area (Å²) in [4.78, 5) is 23.7. The van der Waals surface area contributed by atoms with Crippen molar-refractivity contribution in [2.24, 2.45) is 5.92 Å². The Morgan fingerprint density at radius 3 is 2.71 bits per heavy atom. The van der Waals surface area contributed by atoms with Crippen LogP contribution in [0.25, 0.3) is 0 Å². The fourth-order valence-corrected chi connectivity index (χ4v) is 2.43. The molecule has 1 fully saturated rings. The normalized spacial score (nSPS) is 20.7. The number of nitrogens with zero attached hydrogens (tertiary/aromatic N) is 1. The quantitative estimate of drug-likeness (QED) is 0.770. The van der Waals surface area contributed by atoms with Crippen LogP contribution in [0.2, 0.25) is 0 Å². The number of urea groups is 1. The van der Waals surface area contributed by atoms with Crippen molar-refractivity contribution in [1.82, 2.24) is 10.6 Å². The summed E-state index contributed by atoms with van der Waals surface area (Å²) in [7, 11) is 0. The lowest BCUT2D eigenvalue weighted by molar-refractivity contribution is -0.137. The van der Waals surface area contributed by atoms with Gasteiger partial charge in [-0.1, -0.05) is 6.92 Å². The third-order valence-electron chi connectivity index (χ3n) is 3.74. The molecular weight excluding hydrogens is 325 g/mol. The molecule has 0 unspecified atom stereocenters. The molecule has 1 heterocycles. The number of anilines is 1. The van der Waals surface area contributed by atoms with Gasteiger partial charge in [-0.3, -0.25) is 4.79 Å². The number of nitrogens with one attached hydrogen (secondary N) is 3. The van der Waals surface area contributed by atoms with Crippen LogP contribution < -0.4 is 16.0 Å². The molecule has 0 radical (unpaired) electrons. The molecule has 1 aliphatic heterocycles. The van der Waals surface area contributed by atoms with E-state index in [2.05, 4.69) is 16.0 Å². The summed E-state index contributed by atoms with van der Waals surface area (Å²) in [5.74, 6) is -0.420. The standard InChI is InChI=1S/C15H15F3N4O2/c1-8-4-5-20-13(23)12(8)22-14(24)21-10-3-2-9(7-19)11(6-10)15(16,17)18/h2-3,6,8,12H,4-5H2,1H3,(H,20,23)(H2,21,22,24)/t8-,12-/m1/s1. The molecule has 2 rings (SSSR count). The molecule has 128 valence electrons. The van der Waals surface area contributed by atoms with E-state index >= 15 is 0 Å². The topological polar surface area (TPSA) is 94.0 Å². The van der Waals surface area contributed by atoms with Crippen molar-refractivity contribution in [3.05, 3.63) is 29.3 Å². The maximum atomic E-state index is 12.9. The summed E-state index contributed by atoms with van der Waals surface area (Å²) in [5.41, 5.74) is -1.79. The largest absolute Gasteiger partial charge is 0.417 e. The number of piperidine rings is 1.